The second-order valence-corrected chi connectivity index (χ2v) is 6.11. The minimum Gasteiger partial charge on any atom is -0.423 e. The van der Waals surface area contributed by atoms with E-state index in [0.29, 0.717) is 5.46 Å². The fourth-order valence-corrected chi connectivity index (χ4v) is 2.52. The first-order chi connectivity index (χ1) is 9.44. The van der Waals surface area contributed by atoms with Crippen LogP contribution in [-0.4, -0.2) is 32.6 Å². The summed E-state index contributed by atoms with van der Waals surface area (Å²) in [5.41, 5.74) is 2.12. The van der Waals surface area contributed by atoms with Gasteiger partial charge in [-0.15, -0.1) is 0 Å². The van der Waals surface area contributed by atoms with E-state index >= 15 is 0 Å². The Kier molecular flexibility index (Phi) is 4.25. The first-order valence-corrected chi connectivity index (χ1v) is 7.42. The molecule has 0 fully saturated rings. The highest BCUT2D eigenvalue weighted by molar-refractivity contribution is 7.89. The lowest BCUT2D eigenvalue weighted by Gasteiger charge is -2.06. The summed E-state index contributed by atoms with van der Waals surface area (Å²) in [7, 11) is -3.56. The molecule has 0 aliphatic carbocycles. The summed E-state index contributed by atoms with van der Waals surface area (Å²) in [5, 5.41) is 18.0. The van der Waals surface area contributed by atoms with Gasteiger partial charge in [0, 0.05) is 0 Å². The smallest absolute Gasteiger partial charge is 0.423 e. The molecule has 0 spiro atoms. The van der Waals surface area contributed by atoms with Crippen LogP contribution in [0.3, 0.4) is 0 Å². The molecule has 0 aliphatic rings. The number of nitrogens with one attached hydrogen (secondary N) is 1. The fraction of sp³-hybridized carbons (Fsp3) is 0.0769. The molecule has 0 atom stereocenters. The number of benzene rings is 2. The molecule has 0 heterocycles. The molecule has 2 rings (SSSR count). The Balaban J connectivity index is 2.30. The van der Waals surface area contributed by atoms with E-state index in [1.54, 1.807) is 36.4 Å². The van der Waals surface area contributed by atoms with Crippen molar-refractivity contribution < 1.29 is 18.5 Å². The third-order valence-corrected chi connectivity index (χ3v) is 4.41. The van der Waals surface area contributed by atoms with E-state index in [9.17, 15) is 8.42 Å². The summed E-state index contributed by atoms with van der Waals surface area (Å²) in [6.45, 7) is 0. The Hall–Kier alpha value is -1.67. The van der Waals surface area contributed by atoms with Crippen molar-refractivity contribution in [3.63, 3.8) is 0 Å². The van der Waals surface area contributed by atoms with Crippen LogP contribution in [0.1, 0.15) is 0 Å². The Morgan fingerprint density at radius 3 is 1.75 bits per heavy atom. The van der Waals surface area contributed by atoms with Gasteiger partial charge in [-0.2, -0.15) is 0 Å². The maximum absolute atomic E-state index is 11.6. The molecule has 0 saturated heterocycles. The Labute approximate surface area is 118 Å². The lowest BCUT2D eigenvalue weighted by Crippen LogP contribution is -2.29. The first-order valence-electron chi connectivity index (χ1n) is 5.94. The summed E-state index contributed by atoms with van der Waals surface area (Å²) in [5.74, 6) is 0. The average molecular weight is 291 g/mol. The van der Waals surface area contributed by atoms with Crippen LogP contribution in [0.2, 0.25) is 0 Å². The lowest BCUT2D eigenvalue weighted by molar-refractivity contribution is 0.426. The molecule has 20 heavy (non-hydrogen) atoms. The second-order valence-electron chi connectivity index (χ2n) is 4.23. The third kappa shape index (κ3) is 3.08. The van der Waals surface area contributed by atoms with Crippen molar-refractivity contribution >= 4 is 22.6 Å². The standard InChI is InChI=1S/C13H14BNO4S/c1-15-20(18,19)13-8-4-11(5-9-13)10-2-6-12(7-3-10)14(16)17/h2-9,15-17H,1H3. The Morgan fingerprint density at radius 2 is 1.35 bits per heavy atom. The molecule has 0 aliphatic heterocycles. The highest BCUT2D eigenvalue weighted by atomic mass is 32.2. The fourth-order valence-electron chi connectivity index (χ4n) is 1.79. The van der Waals surface area contributed by atoms with E-state index in [0.717, 1.165) is 11.1 Å². The van der Waals surface area contributed by atoms with Gasteiger partial charge in [0.25, 0.3) is 0 Å². The minimum atomic E-state index is -3.43. The van der Waals surface area contributed by atoms with Crippen LogP contribution >= 0.6 is 0 Å². The molecular formula is C13H14BNO4S. The van der Waals surface area contributed by atoms with Crippen LogP contribution in [-0.2, 0) is 10.0 Å². The van der Waals surface area contributed by atoms with Crippen LogP contribution in [0, 0.1) is 0 Å². The van der Waals surface area contributed by atoms with E-state index in [1.165, 1.54) is 19.2 Å². The van der Waals surface area contributed by atoms with Crippen LogP contribution in [0.4, 0.5) is 0 Å². The quantitative estimate of drug-likeness (QED) is 0.689. The Morgan fingerprint density at radius 1 is 0.900 bits per heavy atom. The van der Waals surface area contributed by atoms with Crippen LogP contribution in [0.25, 0.3) is 11.1 Å². The molecule has 5 nitrogen and oxygen atoms in total. The van der Waals surface area contributed by atoms with Gasteiger partial charge in [-0.25, -0.2) is 13.1 Å². The zero-order valence-corrected chi connectivity index (χ0v) is 11.6. The van der Waals surface area contributed by atoms with E-state index in [4.69, 9.17) is 10.0 Å². The van der Waals surface area contributed by atoms with E-state index < -0.39 is 17.1 Å². The molecule has 0 aromatic heterocycles. The van der Waals surface area contributed by atoms with Gasteiger partial charge in [-0.1, -0.05) is 36.4 Å². The number of hydrogen-bond acceptors (Lipinski definition) is 4. The van der Waals surface area contributed by atoms with Crippen LogP contribution < -0.4 is 10.2 Å². The van der Waals surface area contributed by atoms with Crippen molar-refractivity contribution in [3.05, 3.63) is 48.5 Å². The van der Waals surface area contributed by atoms with Crippen molar-refractivity contribution in [1.82, 2.24) is 4.72 Å². The molecule has 2 aromatic carbocycles. The summed E-state index contributed by atoms with van der Waals surface area (Å²) in [6.07, 6.45) is 0. The molecule has 2 aromatic rings. The molecule has 0 saturated carbocycles. The van der Waals surface area contributed by atoms with Gasteiger partial charge >= 0.3 is 7.12 Å². The summed E-state index contributed by atoms with van der Waals surface area (Å²) >= 11 is 0. The highest BCUT2D eigenvalue weighted by Crippen LogP contribution is 2.20. The van der Waals surface area contributed by atoms with E-state index in [-0.39, 0.29) is 4.90 Å². The predicted molar refractivity (Wildman–Crippen MR) is 77.9 cm³/mol. The summed E-state index contributed by atoms with van der Waals surface area (Å²) in [6, 6.07) is 13.2. The average Bonchev–Trinajstić information content (AvgIpc) is 2.47. The molecule has 7 heteroatoms. The topological polar surface area (TPSA) is 86.6 Å². The maximum atomic E-state index is 11.6. The van der Waals surface area contributed by atoms with Crippen LogP contribution in [0.15, 0.2) is 53.4 Å². The number of rotatable bonds is 4. The molecule has 0 radical (unpaired) electrons. The predicted octanol–water partition coefficient (Wildman–Crippen LogP) is -0.0585. The highest BCUT2D eigenvalue weighted by Gasteiger charge is 2.12. The van der Waals surface area contributed by atoms with Crippen molar-refractivity contribution in [1.29, 1.82) is 0 Å². The van der Waals surface area contributed by atoms with Crippen LogP contribution in [0.5, 0.6) is 0 Å². The largest absolute Gasteiger partial charge is 0.488 e. The molecular weight excluding hydrogens is 277 g/mol. The van der Waals surface area contributed by atoms with Crippen molar-refractivity contribution in [2.24, 2.45) is 0 Å². The Bertz CT molecular complexity index is 681. The zero-order valence-electron chi connectivity index (χ0n) is 10.8. The molecule has 0 unspecified atom stereocenters. The van der Waals surface area contributed by atoms with E-state index in [2.05, 4.69) is 4.72 Å². The van der Waals surface area contributed by atoms with Gasteiger partial charge in [0.1, 0.15) is 0 Å². The first kappa shape index (κ1) is 14.7. The van der Waals surface area contributed by atoms with Gasteiger partial charge in [-0.05, 0) is 35.8 Å². The SMILES string of the molecule is CNS(=O)(=O)c1ccc(-c2ccc(B(O)O)cc2)cc1. The third-order valence-electron chi connectivity index (χ3n) is 2.98. The summed E-state index contributed by atoms with van der Waals surface area (Å²) in [4.78, 5) is 0.200. The number of hydrogen-bond donors (Lipinski definition) is 3. The molecule has 0 bridgehead atoms. The molecule has 104 valence electrons. The lowest BCUT2D eigenvalue weighted by atomic mass is 9.80. The van der Waals surface area contributed by atoms with Crippen molar-refractivity contribution in [3.8, 4) is 11.1 Å². The van der Waals surface area contributed by atoms with Crippen molar-refractivity contribution in [2.45, 2.75) is 4.90 Å². The van der Waals surface area contributed by atoms with E-state index in [1.807, 2.05) is 0 Å². The van der Waals surface area contributed by atoms with Gasteiger partial charge in [0.05, 0.1) is 4.90 Å². The summed E-state index contributed by atoms with van der Waals surface area (Å²) < 4.78 is 25.5. The van der Waals surface area contributed by atoms with Crippen molar-refractivity contribution in [2.75, 3.05) is 7.05 Å². The normalized spacial score (nSPS) is 11.3. The van der Waals surface area contributed by atoms with Gasteiger partial charge in [0.2, 0.25) is 10.0 Å². The van der Waals surface area contributed by atoms with Gasteiger partial charge < -0.3 is 10.0 Å². The van der Waals surface area contributed by atoms with Gasteiger partial charge in [0.15, 0.2) is 0 Å². The minimum absolute atomic E-state index is 0.200. The maximum Gasteiger partial charge on any atom is 0.488 e. The molecule has 3 N–H and O–H groups in total. The number of sulfonamides is 1. The zero-order chi connectivity index (χ0) is 14.8. The second kappa shape index (κ2) is 5.76. The molecule has 0 amide bonds. The monoisotopic (exact) mass is 291 g/mol. The van der Waals surface area contributed by atoms with Gasteiger partial charge in [-0.3, -0.25) is 0 Å².